The van der Waals surface area contributed by atoms with E-state index in [0.29, 0.717) is 25.5 Å². The Morgan fingerprint density at radius 3 is 2.43 bits per heavy atom. The third kappa shape index (κ3) is 7.76. The van der Waals surface area contributed by atoms with Crippen molar-refractivity contribution in [3.8, 4) is 35.2 Å². The Morgan fingerprint density at radius 1 is 0.973 bits per heavy atom. The molecule has 2 fully saturated rings. The Bertz CT molecular complexity index is 1150. The molecule has 0 heterocycles. The van der Waals surface area contributed by atoms with Crippen molar-refractivity contribution in [1.82, 2.24) is 0 Å². The van der Waals surface area contributed by atoms with Crippen molar-refractivity contribution in [2.24, 2.45) is 23.3 Å². The first-order chi connectivity index (χ1) is 17.9. The molecule has 5 heteroatoms. The lowest BCUT2D eigenvalue weighted by Gasteiger charge is -2.29. The highest BCUT2D eigenvalue weighted by Gasteiger charge is 2.43. The van der Waals surface area contributed by atoms with Gasteiger partial charge in [-0.05, 0) is 75.4 Å². The van der Waals surface area contributed by atoms with E-state index in [-0.39, 0.29) is 18.1 Å². The fraction of sp³-hybridized carbons (Fsp3) is 0.500. The summed E-state index contributed by atoms with van der Waals surface area (Å²) in [7, 11) is 0. The molecule has 0 aromatic heterocycles. The molecule has 0 amide bonds. The first-order valence-corrected chi connectivity index (χ1v) is 13.7. The van der Waals surface area contributed by atoms with Crippen LogP contribution in [0.3, 0.4) is 0 Å². The zero-order valence-corrected chi connectivity index (χ0v) is 21.9. The second kappa shape index (κ2) is 13.0. The van der Waals surface area contributed by atoms with Gasteiger partial charge in [-0.1, -0.05) is 55.1 Å². The monoisotopic (exact) mass is 500 g/mol. The Balaban J connectivity index is 1.36. The Labute approximate surface area is 221 Å². The molecule has 0 bridgehead atoms. The van der Waals surface area contributed by atoms with Gasteiger partial charge in [0, 0.05) is 35.5 Å². The van der Waals surface area contributed by atoms with Gasteiger partial charge in [0.15, 0.2) is 0 Å². The molecule has 0 aliphatic heterocycles. The van der Waals surface area contributed by atoms with Gasteiger partial charge in [0.25, 0.3) is 0 Å². The summed E-state index contributed by atoms with van der Waals surface area (Å²) in [6.07, 6.45) is 8.54. The van der Waals surface area contributed by atoms with Crippen LogP contribution < -0.4 is 20.9 Å². The van der Waals surface area contributed by atoms with Crippen LogP contribution in [0.1, 0.15) is 69.4 Å². The van der Waals surface area contributed by atoms with Crippen LogP contribution in [0, 0.1) is 35.5 Å². The van der Waals surface area contributed by atoms with E-state index in [0.717, 1.165) is 35.5 Å². The lowest BCUT2D eigenvalue weighted by Crippen LogP contribution is -2.46. The predicted molar refractivity (Wildman–Crippen MR) is 148 cm³/mol. The average molecular weight is 501 g/mol. The standard InChI is InChI=1S/C32H40N2O3/c1-24(22-33)37-29-13-6-11-27(21-29)17-19-32(35)18-7-14-30(32)31(34)23-36-28-12-5-10-26(20-28)16-15-25-8-3-2-4-9-25/h5-6,10-13,20-21,24-25,30-31,35H,2-4,7-9,14,18,22-23,33-34H2,1H3. The van der Waals surface area contributed by atoms with E-state index >= 15 is 0 Å². The highest BCUT2D eigenvalue weighted by molar-refractivity contribution is 5.42. The van der Waals surface area contributed by atoms with Gasteiger partial charge < -0.3 is 26.0 Å². The van der Waals surface area contributed by atoms with Crippen LogP contribution in [0.15, 0.2) is 48.5 Å². The lowest BCUT2D eigenvalue weighted by atomic mass is 9.85. The van der Waals surface area contributed by atoms with E-state index in [2.05, 4.69) is 23.7 Å². The summed E-state index contributed by atoms with van der Waals surface area (Å²) in [4.78, 5) is 0. The molecule has 5 nitrogen and oxygen atoms in total. The van der Waals surface area contributed by atoms with E-state index < -0.39 is 5.60 Å². The number of benzene rings is 2. The van der Waals surface area contributed by atoms with E-state index in [1.807, 2.05) is 55.5 Å². The fourth-order valence-corrected chi connectivity index (χ4v) is 5.25. The second-order valence-corrected chi connectivity index (χ2v) is 10.5. The van der Waals surface area contributed by atoms with E-state index in [1.165, 1.54) is 32.1 Å². The van der Waals surface area contributed by atoms with Crippen molar-refractivity contribution in [2.45, 2.75) is 76.0 Å². The molecule has 4 atom stereocenters. The maximum Gasteiger partial charge on any atom is 0.130 e. The van der Waals surface area contributed by atoms with Crippen LogP contribution in [0.25, 0.3) is 0 Å². The van der Waals surface area contributed by atoms with Gasteiger partial charge in [-0.15, -0.1) is 0 Å². The molecule has 5 N–H and O–H groups in total. The minimum absolute atomic E-state index is 0.0748. The molecule has 2 aromatic carbocycles. The molecule has 196 valence electrons. The van der Waals surface area contributed by atoms with Gasteiger partial charge in [-0.25, -0.2) is 0 Å². The highest BCUT2D eigenvalue weighted by atomic mass is 16.5. The first kappa shape index (κ1) is 27.1. The molecule has 2 aliphatic carbocycles. The third-order valence-corrected chi connectivity index (χ3v) is 7.43. The topological polar surface area (TPSA) is 90.7 Å². The minimum Gasteiger partial charge on any atom is -0.492 e. The number of hydrogen-bond acceptors (Lipinski definition) is 5. The number of rotatable bonds is 7. The molecule has 4 unspecified atom stereocenters. The summed E-state index contributed by atoms with van der Waals surface area (Å²) in [5, 5.41) is 11.4. The van der Waals surface area contributed by atoms with Crippen LogP contribution >= 0.6 is 0 Å². The molecule has 0 radical (unpaired) electrons. The molecule has 2 aromatic rings. The van der Waals surface area contributed by atoms with Gasteiger partial charge in [0.2, 0.25) is 0 Å². The van der Waals surface area contributed by atoms with Crippen LogP contribution in [-0.2, 0) is 0 Å². The summed E-state index contributed by atoms with van der Waals surface area (Å²) < 4.78 is 11.8. The maximum absolute atomic E-state index is 11.4. The second-order valence-electron chi connectivity index (χ2n) is 10.5. The summed E-state index contributed by atoms with van der Waals surface area (Å²) in [6, 6.07) is 15.1. The SMILES string of the molecule is CC(CN)Oc1cccc(C#CC2(O)CCCC2C(N)COc2cccc(C#CC3CCCCC3)c2)c1. The molecular weight excluding hydrogens is 460 g/mol. The zero-order valence-electron chi connectivity index (χ0n) is 21.9. The Hall–Kier alpha value is -2.96. The van der Waals surface area contributed by atoms with Crippen molar-refractivity contribution in [2.75, 3.05) is 13.2 Å². The van der Waals surface area contributed by atoms with Crippen molar-refractivity contribution in [3.05, 3.63) is 59.7 Å². The lowest BCUT2D eigenvalue weighted by molar-refractivity contribution is 0.0407. The van der Waals surface area contributed by atoms with Crippen LogP contribution in [-0.4, -0.2) is 36.0 Å². The van der Waals surface area contributed by atoms with Gasteiger partial charge in [-0.3, -0.25) is 0 Å². The number of ether oxygens (including phenoxy) is 2. The Morgan fingerprint density at radius 2 is 1.68 bits per heavy atom. The van der Waals surface area contributed by atoms with Crippen molar-refractivity contribution in [1.29, 1.82) is 0 Å². The van der Waals surface area contributed by atoms with E-state index in [9.17, 15) is 5.11 Å². The maximum atomic E-state index is 11.4. The van der Waals surface area contributed by atoms with Crippen molar-refractivity contribution < 1.29 is 14.6 Å². The van der Waals surface area contributed by atoms with Crippen LogP contribution in [0.2, 0.25) is 0 Å². The van der Waals surface area contributed by atoms with Gasteiger partial charge in [-0.2, -0.15) is 0 Å². The summed E-state index contributed by atoms with van der Waals surface area (Å²) in [5.41, 5.74) is 12.8. The molecule has 0 saturated heterocycles. The largest absolute Gasteiger partial charge is 0.492 e. The fourth-order valence-electron chi connectivity index (χ4n) is 5.25. The number of nitrogens with two attached hydrogens (primary N) is 2. The predicted octanol–water partition coefficient (Wildman–Crippen LogP) is 4.63. The summed E-state index contributed by atoms with van der Waals surface area (Å²) >= 11 is 0. The van der Waals surface area contributed by atoms with Crippen molar-refractivity contribution >= 4 is 0 Å². The van der Waals surface area contributed by atoms with Crippen LogP contribution in [0.5, 0.6) is 11.5 Å². The normalized spacial score (nSPS) is 23.2. The van der Waals surface area contributed by atoms with Gasteiger partial charge in [0.1, 0.15) is 29.8 Å². The zero-order chi connectivity index (χ0) is 26.1. The summed E-state index contributed by atoms with van der Waals surface area (Å²) in [6.45, 7) is 2.68. The van der Waals surface area contributed by atoms with Gasteiger partial charge in [0.05, 0.1) is 0 Å². The van der Waals surface area contributed by atoms with Crippen LogP contribution in [0.4, 0.5) is 0 Å². The number of aliphatic hydroxyl groups is 1. The Kier molecular flexibility index (Phi) is 9.53. The smallest absolute Gasteiger partial charge is 0.130 e. The number of hydrogen-bond donors (Lipinski definition) is 3. The molecule has 4 rings (SSSR count). The average Bonchev–Trinajstić information content (AvgIpc) is 3.32. The van der Waals surface area contributed by atoms with Gasteiger partial charge >= 0.3 is 0 Å². The quantitative estimate of drug-likeness (QED) is 0.482. The molecular formula is C32H40N2O3. The van der Waals surface area contributed by atoms with Crippen molar-refractivity contribution in [3.63, 3.8) is 0 Å². The van der Waals surface area contributed by atoms with E-state index in [1.54, 1.807) is 0 Å². The molecule has 37 heavy (non-hydrogen) atoms. The molecule has 2 saturated carbocycles. The molecule has 2 aliphatic rings. The van der Waals surface area contributed by atoms with E-state index in [4.69, 9.17) is 20.9 Å². The minimum atomic E-state index is -1.14. The third-order valence-electron chi connectivity index (χ3n) is 7.43. The molecule has 0 spiro atoms. The summed E-state index contributed by atoms with van der Waals surface area (Å²) in [5.74, 6) is 14.9. The first-order valence-electron chi connectivity index (χ1n) is 13.7. The highest BCUT2D eigenvalue weighted by Crippen LogP contribution is 2.37.